The number of thiophene rings is 1. The van der Waals surface area contributed by atoms with Crippen molar-refractivity contribution < 1.29 is 14.3 Å². The Morgan fingerprint density at radius 1 is 1.10 bits per heavy atom. The first-order valence-electron chi connectivity index (χ1n) is 13.1. The van der Waals surface area contributed by atoms with Crippen LogP contribution in [0.3, 0.4) is 0 Å². The Labute approximate surface area is 239 Å². The first-order chi connectivity index (χ1) is 18.9. The maximum Gasteiger partial charge on any atom is 0.337 e. The second-order valence-electron chi connectivity index (χ2n) is 10.6. The number of likely N-dealkylation sites (tertiary alicyclic amines) is 1. The maximum atomic E-state index is 14.1. The zero-order valence-electron chi connectivity index (χ0n) is 21.1. The van der Waals surface area contributed by atoms with Gasteiger partial charge < -0.3 is 14.6 Å². The Kier molecular flexibility index (Phi) is 6.19. The number of anilines is 1. The third-order valence-corrected chi connectivity index (χ3v) is 9.85. The number of fused-ring (bicyclic) bond motifs is 5. The van der Waals surface area contributed by atoms with Crippen molar-refractivity contribution in [2.45, 2.75) is 43.3 Å². The number of esters is 1. The molecule has 2 unspecified atom stereocenters. The number of rotatable bonds is 6. The molecule has 0 bridgehead atoms. The van der Waals surface area contributed by atoms with E-state index >= 15 is 0 Å². The molecule has 200 valence electrons. The first-order valence-corrected chi connectivity index (χ1v) is 14.7. The van der Waals surface area contributed by atoms with Crippen molar-refractivity contribution in [3.05, 3.63) is 80.2 Å². The first kappa shape index (κ1) is 25.1. The third kappa shape index (κ3) is 4.34. The van der Waals surface area contributed by atoms with Gasteiger partial charge in [0.25, 0.3) is 0 Å². The van der Waals surface area contributed by atoms with Gasteiger partial charge >= 0.3 is 5.97 Å². The van der Waals surface area contributed by atoms with Crippen molar-refractivity contribution in [1.29, 1.82) is 0 Å². The lowest BCUT2D eigenvalue weighted by Gasteiger charge is -2.30. The van der Waals surface area contributed by atoms with Crippen molar-refractivity contribution in [3.8, 4) is 0 Å². The average molecular weight is 582 g/mol. The molecule has 1 saturated carbocycles. The largest absolute Gasteiger partial charge is 0.465 e. The van der Waals surface area contributed by atoms with E-state index < -0.39 is 0 Å². The minimum atomic E-state index is -0.386. The molecule has 0 spiro atoms. The molecule has 1 amide bonds. The van der Waals surface area contributed by atoms with E-state index in [4.69, 9.17) is 32.9 Å². The molecule has 4 aromatic rings. The van der Waals surface area contributed by atoms with Gasteiger partial charge in [0, 0.05) is 51.9 Å². The molecule has 2 aromatic carbocycles. The van der Waals surface area contributed by atoms with E-state index in [1.807, 2.05) is 29.6 Å². The summed E-state index contributed by atoms with van der Waals surface area (Å²) in [6, 6.07) is 14.5. The number of methoxy groups -OCH3 is 1. The van der Waals surface area contributed by atoms with Gasteiger partial charge in [-0.05, 0) is 61.2 Å². The molecule has 7 rings (SSSR count). The molecule has 1 aliphatic carbocycles. The van der Waals surface area contributed by atoms with E-state index in [0.717, 1.165) is 34.8 Å². The molecular formula is C29H26Cl2N4O3S. The Morgan fingerprint density at radius 2 is 1.95 bits per heavy atom. The van der Waals surface area contributed by atoms with Crippen LogP contribution in [0.4, 0.5) is 5.69 Å². The number of nitrogens with one attached hydrogen (secondary N) is 1. The Morgan fingerprint density at radius 3 is 2.67 bits per heavy atom. The normalized spacial score (nSPS) is 24.1. The van der Waals surface area contributed by atoms with Gasteiger partial charge in [-0.1, -0.05) is 29.3 Å². The van der Waals surface area contributed by atoms with Gasteiger partial charge in [-0.25, -0.2) is 9.78 Å². The minimum Gasteiger partial charge on any atom is -0.465 e. The second-order valence-corrected chi connectivity index (χ2v) is 12.5. The summed E-state index contributed by atoms with van der Waals surface area (Å²) >= 11 is 14.2. The topological polar surface area (TPSA) is 76.5 Å². The molecule has 4 heterocycles. The van der Waals surface area contributed by atoms with E-state index in [0.29, 0.717) is 27.2 Å². The zero-order valence-corrected chi connectivity index (χ0v) is 23.5. The van der Waals surface area contributed by atoms with Crippen LogP contribution in [0.15, 0.2) is 53.9 Å². The summed E-state index contributed by atoms with van der Waals surface area (Å²) < 4.78 is 7.18. The second kappa shape index (κ2) is 9.63. The van der Waals surface area contributed by atoms with Crippen LogP contribution in [-0.4, -0.2) is 52.1 Å². The maximum absolute atomic E-state index is 14.1. The lowest BCUT2D eigenvalue weighted by molar-refractivity contribution is -0.121. The zero-order chi connectivity index (χ0) is 26.8. The Bertz CT molecular complexity index is 1610. The van der Waals surface area contributed by atoms with Crippen molar-refractivity contribution in [2.24, 2.45) is 5.92 Å². The van der Waals surface area contributed by atoms with Crippen molar-refractivity contribution >= 4 is 63.1 Å². The molecule has 10 heteroatoms. The molecule has 0 radical (unpaired) electrons. The molecule has 2 aliphatic heterocycles. The molecule has 4 atom stereocenters. The number of hydrogen-bond acceptors (Lipinski definition) is 6. The number of carbonyl (C=O) groups is 2. The fraction of sp³-hybridized carbons (Fsp3) is 0.345. The number of halogens is 2. The molecule has 3 aliphatic rings. The van der Waals surface area contributed by atoms with Crippen LogP contribution in [-0.2, 0) is 16.1 Å². The number of carbonyl (C=O) groups excluding carboxylic acids is 2. The fourth-order valence-electron chi connectivity index (χ4n) is 6.41. The summed E-state index contributed by atoms with van der Waals surface area (Å²) in [6.45, 7) is 1.61. The number of nitrogens with zero attached hydrogens (tertiary/aromatic N) is 3. The highest BCUT2D eigenvalue weighted by Gasteiger charge is 2.58. The highest BCUT2D eigenvalue weighted by molar-refractivity contribution is 7.10. The third-order valence-electron chi connectivity index (χ3n) is 8.23. The number of ether oxygens (including phenoxy) is 1. The monoisotopic (exact) mass is 580 g/mol. The minimum absolute atomic E-state index is 0.00237. The lowest BCUT2D eigenvalue weighted by Crippen LogP contribution is -2.46. The van der Waals surface area contributed by atoms with E-state index in [9.17, 15) is 9.59 Å². The van der Waals surface area contributed by atoms with Gasteiger partial charge in [0.15, 0.2) is 0 Å². The van der Waals surface area contributed by atoms with Crippen LogP contribution in [0.1, 0.15) is 45.7 Å². The molecule has 2 aromatic heterocycles. The highest BCUT2D eigenvalue weighted by atomic mass is 35.5. The van der Waals surface area contributed by atoms with Gasteiger partial charge in [-0.15, -0.1) is 11.3 Å². The number of hydrogen-bond donors (Lipinski definition) is 1. The summed E-state index contributed by atoms with van der Waals surface area (Å²) in [5, 5.41) is 6.33. The van der Waals surface area contributed by atoms with Crippen LogP contribution >= 0.6 is 34.5 Å². The lowest BCUT2D eigenvalue weighted by atomic mass is 9.86. The fourth-order valence-corrected chi connectivity index (χ4v) is 7.86. The van der Waals surface area contributed by atoms with Gasteiger partial charge in [0.2, 0.25) is 5.91 Å². The van der Waals surface area contributed by atoms with Crippen LogP contribution in [0, 0.1) is 5.92 Å². The summed E-state index contributed by atoms with van der Waals surface area (Å²) in [6.07, 6.45) is 2.38. The number of benzene rings is 2. The molecule has 1 N–H and O–H groups in total. The summed E-state index contributed by atoms with van der Waals surface area (Å²) in [5.74, 6) is 1.00. The predicted molar refractivity (Wildman–Crippen MR) is 153 cm³/mol. The standard InChI is InChI=1S/C29H26Cl2N4O3S/c1-38-29(37)16-7-8-21-20(9-16)33-27-24-22(13-35(21)27)34(12-15-5-6-15)26(25(24)23-11-18(31)14-39-23)28(36)32-19-4-2-3-17(30)10-19/h2-4,7-11,14-15,22,24-26H,5-6,12-13H2,1H3,(H,32,36)/t22-,24+,25?,26?/m0/s1. The predicted octanol–water partition coefficient (Wildman–Crippen LogP) is 6.17. The average Bonchev–Trinajstić information content (AvgIpc) is 3.22. The van der Waals surface area contributed by atoms with E-state index in [2.05, 4.69) is 14.8 Å². The van der Waals surface area contributed by atoms with Gasteiger partial charge in [0.05, 0.1) is 34.8 Å². The van der Waals surface area contributed by atoms with Crippen LogP contribution in [0.2, 0.25) is 10.0 Å². The van der Waals surface area contributed by atoms with E-state index in [1.54, 1.807) is 35.6 Å². The number of amides is 1. The molecule has 2 fully saturated rings. The quantitative estimate of drug-likeness (QED) is 0.276. The van der Waals surface area contributed by atoms with E-state index in [-0.39, 0.29) is 35.8 Å². The van der Waals surface area contributed by atoms with Gasteiger partial charge in [-0.2, -0.15) is 0 Å². The molecular weight excluding hydrogens is 555 g/mol. The molecule has 7 nitrogen and oxygen atoms in total. The van der Waals surface area contributed by atoms with E-state index in [1.165, 1.54) is 20.0 Å². The summed E-state index contributed by atoms with van der Waals surface area (Å²) in [7, 11) is 1.38. The smallest absolute Gasteiger partial charge is 0.337 e. The van der Waals surface area contributed by atoms with Crippen LogP contribution < -0.4 is 5.32 Å². The number of imidazole rings is 1. The van der Waals surface area contributed by atoms with Gasteiger partial charge in [0.1, 0.15) is 5.82 Å². The van der Waals surface area contributed by atoms with Crippen molar-refractivity contribution in [1.82, 2.24) is 14.5 Å². The Balaban J connectivity index is 1.33. The Hall–Kier alpha value is -2.91. The van der Waals surface area contributed by atoms with Gasteiger partial charge in [-0.3, -0.25) is 9.69 Å². The highest BCUT2D eigenvalue weighted by Crippen LogP contribution is 2.54. The van der Waals surface area contributed by atoms with Crippen molar-refractivity contribution in [3.63, 3.8) is 0 Å². The van der Waals surface area contributed by atoms with Crippen LogP contribution in [0.5, 0.6) is 0 Å². The molecule has 39 heavy (non-hydrogen) atoms. The summed E-state index contributed by atoms with van der Waals surface area (Å²) in [5.41, 5.74) is 2.90. The SMILES string of the molecule is COC(=O)c1ccc2c(c1)nc1n2C[C@H]2[C@@H]1C(c1cc(Cl)cs1)C(C(=O)Nc1cccc(Cl)c1)N2CC1CC1. The number of aromatic nitrogens is 2. The van der Waals surface area contributed by atoms with Crippen LogP contribution in [0.25, 0.3) is 11.0 Å². The van der Waals surface area contributed by atoms with Crippen molar-refractivity contribution in [2.75, 3.05) is 19.0 Å². The molecule has 1 saturated heterocycles. The summed E-state index contributed by atoms with van der Waals surface area (Å²) in [4.78, 5) is 34.8.